The fourth-order valence-electron chi connectivity index (χ4n) is 1.83. The number of carbonyl (C=O) groups is 2. The third kappa shape index (κ3) is 10.2. The quantitative estimate of drug-likeness (QED) is 0.513. The van der Waals surface area contributed by atoms with Crippen LogP contribution in [0, 0.1) is 0 Å². The van der Waals surface area contributed by atoms with E-state index in [2.05, 4.69) is 25.0 Å². The summed E-state index contributed by atoms with van der Waals surface area (Å²) in [5.41, 5.74) is 1.12. The zero-order valence-electron chi connectivity index (χ0n) is 14.3. The van der Waals surface area contributed by atoms with Crippen molar-refractivity contribution in [1.29, 1.82) is 0 Å². The summed E-state index contributed by atoms with van der Waals surface area (Å²) in [6.45, 7) is 12.8. The van der Waals surface area contributed by atoms with Crippen LogP contribution < -0.4 is 4.74 Å². The molecule has 2 N–H and O–H groups in total. The second-order valence-electron chi connectivity index (χ2n) is 4.90. The smallest absolute Gasteiger partial charge is 0.414 e. The Hall–Kier alpha value is -2.31. The molecule has 0 saturated carbocycles. The lowest BCUT2D eigenvalue weighted by atomic mass is 10.1. The van der Waals surface area contributed by atoms with Gasteiger partial charge in [0.15, 0.2) is 0 Å². The van der Waals surface area contributed by atoms with Crippen LogP contribution in [0.15, 0.2) is 43.5 Å². The van der Waals surface area contributed by atoms with E-state index < -0.39 is 11.9 Å². The molecule has 0 fully saturated rings. The fraction of sp³-hybridized carbons (Fsp3) is 0.333. The van der Waals surface area contributed by atoms with Crippen LogP contribution in [0.5, 0.6) is 5.75 Å². The minimum absolute atomic E-state index is 0.645. The molecule has 1 rings (SSSR count). The number of carboxylic acid groups (broad SMARTS) is 2. The van der Waals surface area contributed by atoms with E-state index in [1.54, 1.807) is 0 Å². The third-order valence-corrected chi connectivity index (χ3v) is 3.40. The average Bonchev–Trinajstić information content (AvgIpc) is 2.57. The number of ether oxygens (including phenoxy) is 1. The zero-order valence-corrected chi connectivity index (χ0v) is 15.0. The lowest BCUT2D eigenvalue weighted by Crippen LogP contribution is -2.28. The molecule has 0 radical (unpaired) electrons. The molecule has 0 aliphatic carbocycles. The molecule has 0 bridgehead atoms. The number of carboxylic acids is 2. The Balaban J connectivity index is 0.000000823. The van der Waals surface area contributed by atoms with Gasteiger partial charge in [0.2, 0.25) is 0 Å². The summed E-state index contributed by atoms with van der Waals surface area (Å²) in [6, 6.07) is 5.81. The predicted molar refractivity (Wildman–Crippen MR) is 98.4 cm³/mol. The van der Waals surface area contributed by atoms with Crippen molar-refractivity contribution in [1.82, 2.24) is 4.90 Å². The lowest BCUT2D eigenvalue weighted by molar-refractivity contribution is -0.159. The van der Waals surface area contributed by atoms with Crippen molar-refractivity contribution < 1.29 is 24.5 Å². The van der Waals surface area contributed by atoms with E-state index in [1.165, 1.54) is 0 Å². The average molecular weight is 370 g/mol. The van der Waals surface area contributed by atoms with Gasteiger partial charge in [-0.15, -0.1) is 13.2 Å². The molecule has 7 heteroatoms. The molecule has 0 saturated heterocycles. The molecule has 138 valence electrons. The van der Waals surface area contributed by atoms with Crippen LogP contribution in [0.2, 0.25) is 5.02 Å². The largest absolute Gasteiger partial charge is 0.492 e. The topological polar surface area (TPSA) is 87.1 Å². The molecule has 0 heterocycles. The first-order valence-corrected chi connectivity index (χ1v) is 8.05. The molecule has 1 aromatic carbocycles. The molecule has 0 aromatic heterocycles. The van der Waals surface area contributed by atoms with Crippen molar-refractivity contribution >= 4 is 23.5 Å². The Morgan fingerprint density at radius 3 is 2.20 bits per heavy atom. The van der Waals surface area contributed by atoms with Crippen LogP contribution in [-0.4, -0.2) is 53.3 Å². The van der Waals surface area contributed by atoms with Gasteiger partial charge in [0.05, 0.1) is 0 Å². The van der Waals surface area contributed by atoms with E-state index in [4.69, 9.17) is 36.1 Å². The van der Waals surface area contributed by atoms with Gasteiger partial charge in [-0.2, -0.15) is 0 Å². The lowest BCUT2D eigenvalue weighted by Gasteiger charge is -2.19. The maximum atomic E-state index is 9.10. The number of rotatable bonds is 9. The van der Waals surface area contributed by atoms with E-state index >= 15 is 0 Å². The molecule has 0 aliphatic rings. The van der Waals surface area contributed by atoms with E-state index in [0.717, 1.165) is 42.4 Å². The first-order valence-electron chi connectivity index (χ1n) is 7.67. The van der Waals surface area contributed by atoms with Gasteiger partial charge in [-0.05, 0) is 30.2 Å². The van der Waals surface area contributed by atoms with Crippen LogP contribution >= 0.6 is 11.6 Å². The zero-order chi connectivity index (χ0) is 19.2. The highest BCUT2D eigenvalue weighted by Gasteiger charge is 2.04. The molecule has 0 unspecified atom stereocenters. The molecule has 6 nitrogen and oxygen atoms in total. The summed E-state index contributed by atoms with van der Waals surface area (Å²) in [5, 5.41) is 15.6. The summed E-state index contributed by atoms with van der Waals surface area (Å²) in [4.78, 5) is 20.4. The Bertz CT molecular complexity index is 567. The van der Waals surface area contributed by atoms with Gasteiger partial charge in [0.25, 0.3) is 0 Å². The number of nitrogens with zero attached hydrogens (tertiary/aromatic N) is 1. The second kappa shape index (κ2) is 13.0. The maximum Gasteiger partial charge on any atom is 0.414 e. The van der Waals surface area contributed by atoms with Gasteiger partial charge in [-0.25, -0.2) is 9.59 Å². The van der Waals surface area contributed by atoms with Gasteiger partial charge in [0.1, 0.15) is 12.4 Å². The van der Waals surface area contributed by atoms with Gasteiger partial charge in [0, 0.05) is 24.7 Å². The Labute approximate surface area is 153 Å². The highest BCUT2D eigenvalue weighted by atomic mass is 35.5. The molecule has 0 aliphatic heterocycles. The van der Waals surface area contributed by atoms with Crippen LogP contribution in [-0.2, 0) is 16.0 Å². The van der Waals surface area contributed by atoms with Crippen molar-refractivity contribution in [3.63, 3.8) is 0 Å². The van der Waals surface area contributed by atoms with Crippen molar-refractivity contribution in [2.45, 2.75) is 13.3 Å². The number of aryl methyl sites for hydroxylation is 1. The van der Waals surface area contributed by atoms with Crippen molar-refractivity contribution in [3.8, 4) is 5.75 Å². The molecule has 0 amide bonds. The Morgan fingerprint density at radius 2 is 1.76 bits per heavy atom. The minimum atomic E-state index is -1.82. The van der Waals surface area contributed by atoms with E-state index in [-0.39, 0.29) is 0 Å². The van der Waals surface area contributed by atoms with Gasteiger partial charge in [-0.3, -0.25) is 4.90 Å². The Morgan fingerprint density at radius 1 is 1.20 bits per heavy atom. The molecule has 25 heavy (non-hydrogen) atoms. The van der Waals surface area contributed by atoms with Crippen LogP contribution in [0.25, 0.3) is 0 Å². The van der Waals surface area contributed by atoms with Crippen LogP contribution in [0.1, 0.15) is 12.5 Å². The normalized spacial score (nSPS) is 9.72. The Kier molecular flexibility index (Phi) is 11.8. The van der Waals surface area contributed by atoms with Gasteiger partial charge < -0.3 is 14.9 Å². The van der Waals surface area contributed by atoms with E-state index in [1.807, 2.05) is 30.4 Å². The van der Waals surface area contributed by atoms with Gasteiger partial charge in [-0.1, -0.05) is 30.7 Å². The van der Waals surface area contributed by atoms with Crippen molar-refractivity contribution in [3.05, 3.63) is 54.1 Å². The minimum Gasteiger partial charge on any atom is -0.492 e. The van der Waals surface area contributed by atoms with Crippen molar-refractivity contribution in [2.75, 3.05) is 26.2 Å². The highest BCUT2D eigenvalue weighted by molar-refractivity contribution is 6.31. The maximum absolute atomic E-state index is 9.10. The van der Waals surface area contributed by atoms with Crippen molar-refractivity contribution in [2.24, 2.45) is 0 Å². The standard InChI is InChI=1S/C16H22ClNO.C2H2O4/c1-4-9-18(10-5-2)11-12-19-15-7-8-16(17)14(6-3)13-15;3-1(4)2(5)6/h4-5,7-8,13H,1-2,6,9-12H2,3H3;(H,3,4)(H,5,6). The monoisotopic (exact) mass is 369 g/mol. The fourth-order valence-corrected chi connectivity index (χ4v) is 2.08. The molecule has 0 atom stereocenters. The second-order valence-corrected chi connectivity index (χ2v) is 5.31. The van der Waals surface area contributed by atoms with E-state index in [9.17, 15) is 0 Å². The summed E-state index contributed by atoms with van der Waals surface area (Å²) < 4.78 is 5.76. The number of aliphatic carboxylic acids is 2. The molecule has 0 spiro atoms. The number of hydrogen-bond acceptors (Lipinski definition) is 4. The first kappa shape index (κ1) is 22.7. The molecular weight excluding hydrogens is 346 g/mol. The first-order chi connectivity index (χ1) is 11.8. The summed E-state index contributed by atoms with van der Waals surface area (Å²) in [5.74, 6) is -2.77. The summed E-state index contributed by atoms with van der Waals surface area (Å²) >= 11 is 6.08. The number of halogens is 1. The molecular formula is C18H24ClNO5. The predicted octanol–water partition coefficient (Wildman–Crippen LogP) is 3.11. The molecule has 1 aromatic rings. The van der Waals surface area contributed by atoms with Gasteiger partial charge >= 0.3 is 11.9 Å². The number of benzene rings is 1. The van der Waals surface area contributed by atoms with E-state index in [0.29, 0.717) is 6.61 Å². The number of hydrogen-bond donors (Lipinski definition) is 2. The summed E-state index contributed by atoms with van der Waals surface area (Å²) in [7, 11) is 0. The van der Waals surface area contributed by atoms with Crippen LogP contribution in [0.3, 0.4) is 0 Å². The third-order valence-electron chi connectivity index (χ3n) is 3.03. The van der Waals surface area contributed by atoms with Crippen LogP contribution in [0.4, 0.5) is 0 Å². The SMILES string of the molecule is C=CCN(CC=C)CCOc1ccc(Cl)c(CC)c1.O=C(O)C(=O)O. The summed E-state index contributed by atoms with van der Waals surface area (Å²) in [6.07, 6.45) is 4.69. The highest BCUT2D eigenvalue weighted by Crippen LogP contribution is 2.22.